The number of hydrogen-bond acceptors (Lipinski definition) is 6. The minimum Gasteiger partial charge on any atom is -0.347 e. The van der Waals surface area contributed by atoms with E-state index in [-0.39, 0.29) is 22.3 Å². The second kappa shape index (κ2) is 7.78. The zero-order valence-electron chi connectivity index (χ0n) is 18.8. The molecule has 7 nitrogen and oxygen atoms in total. The number of pyridine rings is 1. The highest BCUT2D eigenvalue weighted by molar-refractivity contribution is 8.11. The number of nitrogens with zero attached hydrogens (tertiary/aromatic N) is 2. The monoisotopic (exact) mass is 512 g/mol. The number of benzene rings is 2. The Morgan fingerprint density at radius 1 is 1.11 bits per heavy atom. The molecule has 9 heteroatoms. The SMILES string of the molecule is O=C1Nc2cc(C(=O)NCc3cnc(-c4ccc5cnccc5c4)s3)ccc2[SH]2(=O)C3C=CC=C1C32. The van der Waals surface area contributed by atoms with E-state index in [4.69, 9.17) is 0 Å². The minimum atomic E-state index is -2.73. The highest BCUT2D eigenvalue weighted by Gasteiger charge is 2.61. The van der Waals surface area contributed by atoms with Gasteiger partial charge in [-0.15, -0.1) is 11.3 Å². The molecule has 0 bridgehead atoms. The van der Waals surface area contributed by atoms with Gasteiger partial charge in [-0.05, 0) is 35.7 Å². The van der Waals surface area contributed by atoms with Crippen LogP contribution in [0.1, 0.15) is 15.2 Å². The average Bonchev–Trinajstić information content (AvgIpc) is 3.29. The molecule has 36 heavy (non-hydrogen) atoms. The summed E-state index contributed by atoms with van der Waals surface area (Å²) in [6, 6.07) is 13.1. The molecule has 0 radical (unpaired) electrons. The third-order valence-electron chi connectivity index (χ3n) is 7.00. The van der Waals surface area contributed by atoms with Crippen LogP contribution in [0.2, 0.25) is 0 Å². The van der Waals surface area contributed by atoms with Crippen molar-refractivity contribution in [2.24, 2.45) is 0 Å². The molecule has 4 heterocycles. The lowest BCUT2D eigenvalue weighted by Gasteiger charge is -2.13. The van der Waals surface area contributed by atoms with Crippen LogP contribution < -0.4 is 10.6 Å². The van der Waals surface area contributed by atoms with Crippen molar-refractivity contribution in [2.75, 3.05) is 5.32 Å². The van der Waals surface area contributed by atoms with E-state index in [1.54, 1.807) is 36.7 Å². The average molecular weight is 513 g/mol. The molecule has 0 spiro atoms. The summed E-state index contributed by atoms with van der Waals surface area (Å²) in [5.41, 5.74) is 2.45. The van der Waals surface area contributed by atoms with Gasteiger partial charge in [0.15, 0.2) is 0 Å². The number of thiazole rings is 1. The van der Waals surface area contributed by atoms with Crippen molar-refractivity contribution < 1.29 is 13.8 Å². The zero-order chi connectivity index (χ0) is 24.4. The maximum atomic E-state index is 13.7. The Bertz CT molecular complexity index is 1720. The van der Waals surface area contributed by atoms with E-state index in [1.165, 1.54) is 11.3 Å². The van der Waals surface area contributed by atoms with Crippen LogP contribution >= 0.6 is 11.3 Å². The van der Waals surface area contributed by atoms with E-state index in [2.05, 4.69) is 26.7 Å². The molecule has 2 amide bonds. The van der Waals surface area contributed by atoms with E-state index in [0.29, 0.717) is 28.3 Å². The van der Waals surface area contributed by atoms with Gasteiger partial charge in [-0.25, -0.2) is 4.98 Å². The molecule has 2 unspecified atom stereocenters. The fourth-order valence-electron chi connectivity index (χ4n) is 5.14. The summed E-state index contributed by atoms with van der Waals surface area (Å²) >= 11 is 1.52. The van der Waals surface area contributed by atoms with Crippen LogP contribution in [0.25, 0.3) is 21.3 Å². The van der Waals surface area contributed by atoms with Crippen LogP contribution in [0.5, 0.6) is 0 Å². The number of hydrogen-bond donors (Lipinski definition) is 3. The van der Waals surface area contributed by atoms with Gasteiger partial charge in [0.25, 0.3) is 11.8 Å². The molecule has 4 aromatic rings. The highest BCUT2D eigenvalue weighted by atomic mass is 32.3. The molecule has 2 aliphatic heterocycles. The number of amides is 2. The predicted octanol–water partition coefficient (Wildman–Crippen LogP) is 3.86. The van der Waals surface area contributed by atoms with Crippen LogP contribution in [-0.2, 0) is 21.3 Å². The number of allylic oxidation sites excluding steroid dienone is 2. The number of nitrogens with one attached hydrogen (secondary N) is 2. The first-order valence-electron chi connectivity index (χ1n) is 11.5. The van der Waals surface area contributed by atoms with E-state index in [9.17, 15) is 13.8 Å². The van der Waals surface area contributed by atoms with Gasteiger partial charge in [-0.2, -0.15) is 0 Å². The third-order valence-corrected chi connectivity index (χ3v) is 11.6. The molecular formula is C27H20N4O3S2. The smallest absolute Gasteiger partial charge is 0.252 e. The maximum absolute atomic E-state index is 13.7. The van der Waals surface area contributed by atoms with Crippen molar-refractivity contribution in [3.8, 4) is 10.6 Å². The zero-order valence-corrected chi connectivity index (χ0v) is 20.6. The number of fused-ring (bicyclic) bond motifs is 4. The number of rotatable bonds is 4. The topological polar surface area (TPSA) is 101 Å². The van der Waals surface area contributed by atoms with Crippen molar-refractivity contribution in [1.82, 2.24) is 15.3 Å². The first kappa shape index (κ1) is 21.3. The van der Waals surface area contributed by atoms with Gasteiger partial charge >= 0.3 is 0 Å². The van der Waals surface area contributed by atoms with Gasteiger partial charge in [0.2, 0.25) is 0 Å². The molecule has 2 aromatic carbocycles. The summed E-state index contributed by atoms with van der Waals surface area (Å²) in [6.07, 6.45) is 10.9. The normalized spacial score (nSPS) is 21.4. The van der Waals surface area contributed by atoms with Crippen molar-refractivity contribution >= 4 is 49.5 Å². The van der Waals surface area contributed by atoms with Crippen LogP contribution in [-0.4, -0.2) is 36.5 Å². The molecule has 2 N–H and O–H groups in total. The fourth-order valence-corrected chi connectivity index (χ4v) is 9.70. The Kier molecular flexibility index (Phi) is 4.61. The lowest BCUT2D eigenvalue weighted by molar-refractivity contribution is -0.112. The minimum absolute atomic E-state index is 0.109. The molecule has 2 aromatic heterocycles. The Hall–Kier alpha value is -3.95. The molecule has 1 aliphatic carbocycles. The summed E-state index contributed by atoms with van der Waals surface area (Å²) in [6.45, 7) is 0.331. The quantitative estimate of drug-likeness (QED) is 0.285. The Balaban J connectivity index is 1.09. The number of anilines is 1. The molecular weight excluding hydrogens is 492 g/mol. The first-order valence-corrected chi connectivity index (χ1v) is 14.2. The lowest BCUT2D eigenvalue weighted by atomic mass is 10.0. The molecule has 178 valence electrons. The number of carbonyl (C=O) groups is 2. The van der Waals surface area contributed by atoms with Crippen molar-refractivity contribution in [2.45, 2.75) is 21.9 Å². The number of thiol groups is 1. The molecule has 7 rings (SSSR count). The van der Waals surface area contributed by atoms with Gasteiger partial charge in [0, 0.05) is 50.4 Å². The summed E-state index contributed by atoms with van der Waals surface area (Å²) < 4.78 is 13.7. The standard InChI is InChI=1S/C27H20N4O3S2/c32-25(29-13-19-14-30-27(35-19)17-4-5-18-12-28-9-8-15(18)10-17)16-6-7-22-21(11-16)31-26(33)20-2-1-3-23-24(20)36(22,23)34/h1-12,14,23-24,36H,13H2,(H,29,32)(H,31,33). The van der Waals surface area contributed by atoms with Gasteiger partial charge in [0.05, 0.1) is 22.7 Å². The number of aromatic nitrogens is 2. The second-order valence-corrected chi connectivity index (χ2v) is 13.3. The van der Waals surface area contributed by atoms with Crippen molar-refractivity contribution in [3.63, 3.8) is 0 Å². The Labute approximate surface area is 211 Å². The Morgan fingerprint density at radius 3 is 2.94 bits per heavy atom. The van der Waals surface area contributed by atoms with Gasteiger partial charge in [-0.1, -0.05) is 40.3 Å². The van der Waals surface area contributed by atoms with Crippen LogP contribution in [0.3, 0.4) is 0 Å². The van der Waals surface area contributed by atoms with Crippen LogP contribution in [0.15, 0.2) is 89.8 Å². The lowest BCUT2D eigenvalue weighted by Crippen LogP contribution is -2.23. The second-order valence-electron chi connectivity index (χ2n) is 9.09. The maximum Gasteiger partial charge on any atom is 0.252 e. The summed E-state index contributed by atoms with van der Waals surface area (Å²) in [5.74, 6) is -0.514. The summed E-state index contributed by atoms with van der Waals surface area (Å²) in [5, 5.41) is 8.50. The van der Waals surface area contributed by atoms with Crippen molar-refractivity contribution in [3.05, 3.63) is 95.3 Å². The molecule has 2 atom stereocenters. The van der Waals surface area contributed by atoms with Gasteiger partial charge in [0.1, 0.15) is 5.01 Å². The largest absolute Gasteiger partial charge is 0.347 e. The third kappa shape index (κ3) is 3.20. The number of carbonyl (C=O) groups excluding carboxylic acids is 2. The van der Waals surface area contributed by atoms with Gasteiger partial charge < -0.3 is 10.6 Å². The van der Waals surface area contributed by atoms with E-state index in [0.717, 1.165) is 26.2 Å². The van der Waals surface area contributed by atoms with E-state index >= 15 is 0 Å². The predicted molar refractivity (Wildman–Crippen MR) is 142 cm³/mol. The van der Waals surface area contributed by atoms with Crippen LogP contribution in [0, 0.1) is 0 Å². The first-order chi connectivity index (χ1) is 17.5. The summed E-state index contributed by atoms with van der Waals surface area (Å²) in [4.78, 5) is 35.9. The summed E-state index contributed by atoms with van der Waals surface area (Å²) in [7, 11) is -2.73. The highest BCUT2D eigenvalue weighted by Crippen LogP contribution is 2.56. The molecule has 1 saturated heterocycles. The Morgan fingerprint density at radius 2 is 2.03 bits per heavy atom. The molecule has 3 aliphatic rings. The molecule has 1 fully saturated rings. The van der Waals surface area contributed by atoms with Gasteiger partial charge in [-0.3, -0.25) is 18.8 Å². The fraction of sp³-hybridized carbons (Fsp3) is 0.111. The molecule has 0 saturated carbocycles. The van der Waals surface area contributed by atoms with E-state index in [1.807, 2.05) is 36.5 Å². The van der Waals surface area contributed by atoms with Crippen molar-refractivity contribution in [1.29, 1.82) is 0 Å². The van der Waals surface area contributed by atoms with Crippen LogP contribution in [0.4, 0.5) is 5.69 Å². The van der Waals surface area contributed by atoms with E-state index < -0.39 is 9.93 Å².